The van der Waals surface area contributed by atoms with Gasteiger partial charge in [0.15, 0.2) is 0 Å². The molecule has 4 atom stereocenters. The Hall–Kier alpha value is -0.110. The lowest BCUT2D eigenvalue weighted by molar-refractivity contribution is -0.116. The van der Waals surface area contributed by atoms with Crippen LogP contribution in [0.2, 0.25) is 0 Å². The van der Waals surface area contributed by atoms with Crippen LogP contribution < -0.4 is 5.32 Å². The van der Waals surface area contributed by atoms with Crippen molar-refractivity contribution < 1.29 is 19.3 Å². The maximum atomic E-state index is 9.09. The number of morpholine rings is 2. The summed E-state index contributed by atoms with van der Waals surface area (Å²) in [5, 5.41) is 12.3. The first-order valence-electron chi connectivity index (χ1n) is 6.61. The van der Waals surface area contributed by atoms with Crippen LogP contribution in [0.3, 0.4) is 0 Å². The Kier molecular flexibility index (Phi) is 6.12. The smallest absolute Gasteiger partial charge is 0.110 e. The Morgan fingerprint density at radius 1 is 1.16 bits per heavy atom. The minimum atomic E-state index is -0.379. The summed E-state index contributed by atoms with van der Waals surface area (Å²) in [4.78, 5) is 2.02. The highest BCUT2D eigenvalue weighted by atomic mass is 16.5. The molecule has 2 rings (SSSR count). The third-order valence-electron chi connectivity index (χ3n) is 3.13. The van der Waals surface area contributed by atoms with Crippen LogP contribution in [0.4, 0.5) is 0 Å². The van der Waals surface area contributed by atoms with Crippen LogP contribution in [-0.4, -0.2) is 96.0 Å². The minimum Gasteiger partial charge on any atom is -0.394 e. The topological polar surface area (TPSA) is 63.2 Å². The van der Waals surface area contributed by atoms with Crippen molar-refractivity contribution in [2.24, 2.45) is 0 Å². The summed E-state index contributed by atoms with van der Waals surface area (Å²) in [5.74, 6) is 0. The van der Waals surface area contributed by atoms with Crippen molar-refractivity contribution in [3.63, 3.8) is 0 Å². The van der Waals surface area contributed by atoms with Gasteiger partial charge < -0.3 is 24.6 Å². The quantitative estimate of drug-likeness (QED) is 0.542. The largest absolute Gasteiger partial charge is 0.394 e. The van der Waals surface area contributed by atoms with Gasteiger partial charge in [-0.25, -0.2) is 0 Å². The van der Waals surface area contributed by atoms with Gasteiger partial charge in [0.05, 0.1) is 32.2 Å². The Morgan fingerprint density at radius 3 is 2.68 bits per heavy atom. The van der Waals surface area contributed by atoms with Crippen molar-refractivity contribution in [1.29, 1.82) is 0 Å². The molecule has 0 aliphatic carbocycles. The van der Waals surface area contributed by atoms with Crippen LogP contribution in [0.1, 0.15) is 0 Å². The molecular formula is C11H20B2N2O4. The van der Waals surface area contributed by atoms with Crippen molar-refractivity contribution in [1.82, 2.24) is 10.2 Å². The van der Waals surface area contributed by atoms with Crippen LogP contribution >= 0.6 is 0 Å². The third-order valence-corrected chi connectivity index (χ3v) is 3.13. The number of aliphatic hydroxyl groups is 1. The third kappa shape index (κ3) is 5.06. The van der Waals surface area contributed by atoms with Gasteiger partial charge in [-0.15, -0.1) is 0 Å². The van der Waals surface area contributed by atoms with Gasteiger partial charge in [0, 0.05) is 38.2 Å². The van der Waals surface area contributed by atoms with Gasteiger partial charge in [0.1, 0.15) is 15.7 Å². The van der Waals surface area contributed by atoms with Gasteiger partial charge >= 0.3 is 0 Å². The number of aliphatic hydroxyl groups excluding tert-OH is 1. The highest BCUT2D eigenvalue weighted by Gasteiger charge is 2.25. The number of hydrogen-bond acceptors (Lipinski definition) is 6. The fourth-order valence-electron chi connectivity index (χ4n) is 2.30. The number of nitrogens with one attached hydrogen (secondary N) is 1. The normalized spacial score (nSPS) is 37.3. The van der Waals surface area contributed by atoms with Crippen LogP contribution in [0.15, 0.2) is 0 Å². The lowest BCUT2D eigenvalue weighted by Crippen LogP contribution is -2.50. The molecule has 6 nitrogen and oxygen atoms in total. The zero-order valence-corrected chi connectivity index (χ0v) is 11.0. The van der Waals surface area contributed by atoms with E-state index in [4.69, 9.17) is 35.0 Å². The Labute approximate surface area is 116 Å². The van der Waals surface area contributed by atoms with Crippen molar-refractivity contribution in [3.8, 4) is 0 Å². The van der Waals surface area contributed by atoms with Gasteiger partial charge in [0.25, 0.3) is 0 Å². The maximum absolute atomic E-state index is 9.09. The number of hydrogen-bond donors (Lipinski definition) is 2. The number of ether oxygens (including phenoxy) is 3. The van der Waals surface area contributed by atoms with Crippen LogP contribution in [0.5, 0.6) is 0 Å². The predicted molar refractivity (Wildman–Crippen MR) is 71.2 cm³/mol. The summed E-state index contributed by atoms with van der Waals surface area (Å²) in [5.41, 5.74) is 0. The van der Waals surface area contributed by atoms with Crippen LogP contribution in [-0.2, 0) is 14.2 Å². The van der Waals surface area contributed by atoms with E-state index in [1.807, 2.05) is 4.90 Å². The molecule has 2 N–H and O–H groups in total. The molecule has 104 valence electrons. The van der Waals surface area contributed by atoms with Crippen LogP contribution in [0.25, 0.3) is 0 Å². The molecule has 0 bridgehead atoms. The first-order valence-corrected chi connectivity index (χ1v) is 6.61. The molecule has 0 spiro atoms. The summed E-state index contributed by atoms with van der Waals surface area (Å²) in [6.45, 7) is 3.53. The molecule has 4 unspecified atom stereocenters. The molecule has 4 radical (unpaired) electrons. The summed E-state index contributed by atoms with van der Waals surface area (Å²) < 4.78 is 16.5. The molecule has 0 aromatic heterocycles. The SMILES string of the molecule is [B]C1CNCC(COCN2CC([B])OC(CO)C2)O1. The highest BCUT2D eigenvalue weighted by molar-refractivity contribution is 6.11. The van der Waals surface area contributed by atoms with E-state index in [1.54, 1.807) is 0 Å². The van der Waals surface area contributed by atoms with Gasteiger partial charge in [-0.05, 0) is 0 Å². The van der Waals surface area contributed by atoms with Crippen molar-refractivity contribution >= 4 is 15.7 Å². The maximum Gasteiger partial charge on any atom is 0.110 e. The second-order valence-electron chi connectivity index (χ2n) is 4.97. The van der Waals surface area contributed by atoms with Gasteiger partial charge in [-0.3, -0.25) is 4.90 Å². The second-order valence-corrected chi connectivity index (χ2v) is 4.97. The zero-order chi connectivity index (χ0) is 13.7. The molecule has 0 aromatic rings. The molecule has 2 saturated heterocycles. The molecule has 8 heteroatoms. The summed E-state index contributed by atoms with van der Waals surface area (Å²) in [6, 6.07) is -0.645. The Morgan fingerprint density at radius 2 is 1.95 bits per heavy atom. The van der Waals surface area contributed by atoms with E-state index >= 15 is 0 Å². The summed E-state index contributed by atoms with van der Waals surface area (Å²) in [6.07, 6.45) is -0.263. The fraction of sp³-hybridized carbons (Fsp3) is 1.00. The number of rotatable bonds is 5. The monoisotopic (exact) mass is 266 g/mol. The highest BCUT2D eigenvalue weighted by Crippen LogP contribution is 2.09. The van der Waals surface area contributed by atoms with Gasteiger partial charge in [-0.2, -0.15) is 0 Å². The van der Waals surface area contributed by atoms with Crippen LogP contribution in [0, 0.1) is 0 Å². The van der Waals surface area contributed by atoms with E-state index in [9.17, 15) is 0 Å². The molecule has 0 amide bonds. The molecule has 0 saturated carbocycles. The first-order chi connectivity index (χ1) is 9.17. The second kappa shape index (κ2) is 7.61. The van der Waals surface area contributed by atoms with E-state index < -0.39 is 0 Å². The molecule has 2 aliphatic heterocycles. The average molecular weight is 266 g/mol. The minimum absolute atomic E-state index is 0.0212. The number of nitrogens with zero attached hydrogens (tertiary/aromatic N) is 1. The molecule has 2 fully saturated rings. The van der Waals surface area contributed by atoms with Gasteiger partial charge in [-0.1, -0.05) is 0 Å². The summed E-state index contributed by atoms with van der Waals surface area (Å²) in [7, 11) is 11.4. The first kappa shape index (κ1) is 15.3. The van der Waals surface area contributed by atoms with Gasteiger partial charge in [0.2, 0.25) is 0 Å². The van der Waals surface area contributed by atoms with E-state index in [1.165, 1.54) is 0 Å². The van der Waals surface area contributed by atoms with E-state index in [0.29, 0.717) is 33.0 Å². The van der Waals surface area contributed by atoms with E-state index in [-0.39, 0.29) is 30.8 Å². The standard InChI is InChI=1S/C11H20B2N2O4/c12-10-2-14-1-8(18-10)6-17-7-15-3-9(5-16)19-11(13)4-15/h8-11,14,16H,1-7H2. The fourth-order valence-corrected chi connectivity index (χ4v) is 2.30. The molecule has 2 aliphatic rings. The van der Waals surface area contributed by atoms with E-state index in [0.717, 1.165) is 6.54 Å². The Balaban J connectivity index is 1.64. The lowest BCUT2D eigenvalue weighted by atomic mass is 9.97. The average Bonchev–Trinajstić information content (AvgIpc) is 2.38. The molecular weight excluding hydrogens is 246 g/mol. The van der Waals surface area contributed by atoms with E-state index in [2.05, 4.69) is 5.32 Å². The lowest BCUT2D eigenvalue weighted by Gasteiger charge is -2.36. The Bertz CT molecular complexity index is 275. The zero-order valence-electron chi connectivity index (χ0n) is 11.0. The molecule has 0 aromatic carbocycles. The van der Waals surface area contributed by atoms with Crippen molar-refractivity contribution in [2.45, 2.75) is 24.2 Å². The molecule has 2 heterocycles. The van der Waals surface area contributed by atoms with Crippen molar-refractivity contribution in [2.75, 3.05) is 46.1 Å². The predicted octanol–water partition coefficient (Wildman–Crippen LogP) is -2.37. The summed E-state index contributed by atoms with van der Waals surface area (Å²) >= 11 is 0. The van der Waals surface area contributed by atoms with Crippen molar-refractivity contribution in [3.05, 3.63) is 0 Å². The molecule has 19 heavy (non-hydrogen) atoms.